The normalized spacial score (nSPS) is 12.4. The highest BCUT2D eigenvalue weighted by Crippen LogP contribution is 2.31. The number of hydrogen-bond acceptors (Lipinski definition) is 4. The van der Waals surface area contributed by atoms with Crippen LogP contribution in [0.3, 0.4) is 0 Å². The Bertz CT molecular complexity index is 542. The molecular formula is C13H15FN2OS. The van der Waals surface area contributed by atoms with Gasteiger partial charge in [-0.3, -0.25) is 0 Å². The summed E-state index contributed by atoms with van der Waals surface area (Å²) in [7, 11) is 3.36. The first kappa shape index (κ1) is 13.0. The third-order valence-electron chi connectivity index (χ3n) is 2.78. The minimum Gasteiger partial charge on any atom is -0.494 e. The van der Waals surface area contributed by atoms with Crippen LogP contribution in [-0.4, -0.2) is 19.1 Å². The molecule has 0 radical (unpaired) electrons. The molecule has 2 rings (SSSR count). The van der Waals surface area contributed by atoms with Gasteiger partial charge in [0.25, 0.3) is 0 Å². The summed E-state index contributed by atoms with van der Waals surface area (Å²) in [6.07, 6.45) is 1.84. The Morgan fingerprint density at radius 2 is 2.22 bits per heavy atom. The number of methoxy groups -OCH3 is 1. The molecule has 0 saturated carbocycles. The first-order chi connectivity index (χ1) is 8.65. The van der Waals surface area contributed by atoms with Gasteiger partial charge in [0.1, 0.15) is 5.01 Å². The SMILES string of the molecule is CNC(C)c1cnc(-c2ccc(F)c(OC)c2)s1. The van der Waals surface area contributed by atoms with Crippen molar-refractivity contribution < 1.29 is 9.13 Å². The van der Waals surface area contributed by atoms with Crippen molar-refractivity contribution in [1.29, 1.82) is 0 Å². The molecular weight excluding hydrogens is 251 g/mol. The molecule has 5 heteroatoms. The fourth-order valence-electron chi connectivity index (χ4n) is 1.56. The van der Waals surface area contributed by atoms with Crippen molar-refractivity contribution in [1.82, 2.24) is 10.3 Å². The molecule has 1 aromatic heterocycles. The van der Waals surface area contributed by atoms with Gasteiger partial charge >= 0.3 is 0 Å². The standard InChI is InChI=1S/C13H15FN2OS/c1-8(15-2)12-7-16-13(18-12)9-4-5-10(14)11(6-9)17-3/h4-8,15H,1-3H3. The van der Waals surface area contributed by atoms with E-state index in [1.54, 1.807) is 23.5 Å². The fraction of sp³-hybridized carbons (Fsp3) is 0.308. The largest absolute Gasteiger partial charge is 0.494 e. The van der Waals surface area contributed by atoms with E-state index in [1.807, 2.05) is 13.2 Å². The van der Waals surface area contributed by atoms with E-state index >= 15 is 0 Å². The maximum Gasteiger partial charge on any atom is 0.165 e. The average Bonchev–Trinajstić information content (AvgIpc) is 2.88. The Morgan fingerprint density at radius 1 is 1.44 bits per heavy atom. The molecule has 18 heavy (non-hydrogen) atoms. The lowest BCUT2D eigenvalue weighted by Gasteiger charge is -2.05. The van der Waals surface area contributed by atoms with Gasteiger partial charge in [-0.1, -0.05) is 0 Å². The van der Waals surface area contributed by atoms with Crippen molar-refractivity contribution >= 4 is 11.3 Å². The van der Waals surface area contributed by atoms with Crippen LogP contribution in [0.25, 0.3) is 10.6 Å². The van der Waals surface area contributed by atoms with E-state index in [-0.39, 0.29) is 17.6 Å². The van der Waals surface area contributed by atoms with E-state index in [4.69, 9.17) is 4.74 Å². The smallest absolute Gasteiger partial charge is 0.165 e. The lowest BCUT2D eigenvalue weighted by Crippen LogP contribution is -2.10. The molecule has 1 N–H and O–H groups in total. The van der Waals surface area contributed by atoms with E-state index in [9.17, 15) is 4.39 Å². The first-order valence-electron chi connectivity index (χ1n) is 5.62. The predicted molar refractivity (Wildman–Crippen MR) is 71.5 cm³/mol. The van der Waals surface area contributed by atoms with Crippen LogP contribution in [0, 0.1) is 5.82 Å². The Kier molecular flexibility index (Phi) is 3.93. The van der Waals surface area contributed by atoms with E-state index in [0.717, 1.165) is 15.4 Å². The summed E-state index contributed by atoms with van der Waals surface area (Å²) in [5, 5.41) is 4.03. The summed E-state index contributed by atoms with van der Waals surface area (Å²) < 4.78 is 18.3. The number of thiazole rings is 1. The van der Waals surface area contributed by atoms with Crippen LogP contribution in [-0.2, 0) is 0 Å². The fourth-order valence-corrected chi connectivity index (χ4v) is 2.53. The average molecular weight is 266 g/mol. The van der Waals surface area contributed by atoms with E-state index in [0.29, 0.717) is 0 Å². The number of ether oxygens (including phenoxy) is 1. The molecule has 0 saturated heterocycles. The van der Waals surface area contributed by atoms with Gasteiger partial charge < -0.3 is 10.1 Å². The third kappa shape index (κ3) is 2.52. The molecule has 0 aliphatic heterocycles. The number of rotatable bonds is 4. The number of benzene rings is 1. The Hall–Kier alpha value is -1.46. The van der Waals surface area contributed by atoms with Crippen LogP contribution in [0.5, 0.6) is 5.75 Å². The second-order valence-electron chi connectivity index (χ2n) is 3.93. The Labute approximate surface area is 110 Å². The molecule has 0 fully saturated rings. The van der Waals surface area contributed by atoms with Gasteiger partial charge in [0.05, 0.1) is 7.11 Å². The lowest BCUT2D eigenvalue weighted by molar-refractivity contribution is 0.387. The summed E-state index contributed by atoms with van der Waals surface area (Å²) in [4.78, 5) is 5.51. The van der Waals surface area contributed by atoms with Crippen LogP contribution >= 0.6 is 11.3 Å². The first-order valence-corrected chi connectivity index (χ1v) is 6.44. The zero-order valence-electron chi connectivity index (χ0n) is 10.5. The van der Waals surface area contributed by atoms with Gasteiger partial charge in [-0.25, -0.2) is 9.37 Å². The van der Waals surface area contributed by atoms with Crippen LogP contribution in [0.2, 0.25) is 0 Å². The highest BCUT2D eigenvalue weighted by atomic mass is 32.1. The van der Waals surface area contributed by atoms with E-state index in [2.05, 4.69) is 17.2 Å². The van der Waals surface area contributed by atoms with Crippen molar-refractivity contribution in [2.45, 2.75) is 13.0 Å². The molecule has 1 atom stereocenters. The lowest BCUT2D eigenvalue weighted by atomic mass is 10.2. The second kappa shape index (κ2) is 5.46. The van der Waals surface area contributed by atoms with Gasteiger partial charge in [0.2, 0.25) is 0 Å². The van der Waals surface area contributed by atoms with Crippen LogP contribution in [0.4, 0.5) is 4.39 Å². The molecule has 0 aliphatic rings. The minimum absolute atomic E-state index is 0.242. The zero-order chi connectivity index (χ0) is 13.1. The Balaban J connectivity index is 2.34. The molecule has 0 spiro atoms. The number of nitrogens with zero attached hydrogens (tertiary/aromatic N) is 1. The number of aromatic nitrogens is 1. The summed E-state index contributed by atoms with van der Waals surface area (Å²) in [6, 6.07) is 5.04. The minimum atomic E-state index is -0.360. The monoisotopic (exact) mass is 266 g/mol. The molecule has 0 bridgehead atoms. The molecule has 3 nitrogen and oxygen atoms in total. The summed E-state index contributed by atoms with van der Waals surface area (Å²) in [5.74, 6) is -0.118. The highest BCUT2D eigenvalue weighted by Gasteiger charge is 2.11. The van der Waals surface area contributed by atoms with Gasteiger partial charge in [-0.15, -0.1) is 11.3 Å². The predicted octanol–water partition coefficient (Wildman–Crippen LogP) is 3.24. The summed E-state index contributed by atoms with van der Waals surface area (Å²) >= 11 is 1.59. The number of hydrogen-bond donors (Lipinski definition) is 1. The molecule has 0 aliphatic carbocycles. The van der Waals surface area contributed by atoms with Crippen molar-refractivity contribution in [3.8, 4) is 16.3 Å². The molecule has 2 aromatic rings. The molecule has 0 amide bonds. The summed E-state index contributed by atoms with van der Waals surface area (Å²) in [5.41, 5.74) is 0.868. The molecule has 96 valence electrons. The topological polar surface area (TPSA) is 34.2 Å². The molecule has 1 unspecified atom stereocenters. The van der Waals surface area contributed by atoms with Crippen LogP contribution < -0.4 is 10.1 Å². The van der Waals surface area contributed by atoms with Crippen molar-refractivity contribution in [3.05, 3.63) is 35.1 Å². The number of halogens is 1. The van der Waals surface area contributed by atoms with Gasteiger partial charge in [-0.05, 0) is 32.2 Å². The maximum atomic E-state index is 13.3. The van der Waals surface area contributed by atoms with Crippen molar-refractivity contribution in [3.63, 3.8) is 0 Å². The van der Waals surface area contributed by atoms with Gasteiger partial charge in [0, 0.05) is 22.7 Å². The zero-order valence-corrected chi connectivity index (χ0v) is 11.3. The van der Waals surface area contributed by atoms with E-state index < -0.39 is 0 Å². The van der Waals surface area contributed by atoms with Crippen molar-refractivity contribution in [2.24, 2.45) is 0 Å². The maximum absolute atomic E-state index is 13.3. The van der Waals surface area contributed by atoms with Crippen LogP contribution in [0.1, 0.15) is 17.8 Å². The van der Waals surface area contributed by atoms with Gasteiger partial charge in [-0.2, -0.15) is 0 Å². The quantitative estimate of drug-likeness (QED) is 0.922. The van der Waals surface area contributed by atoms with E-state index in [1.165, 1.54) is 13.2 Å². The molecule has 1 heterocycles. The molecule has 1 aromatic carbocycles. The summed E-state index contributed by atoms with van der Waals surface area (Å²) in [6.45, 7) is 2.07. The number of nitrogens with one attached hydrogen (secondary N) is 1. The Morgan fingerprint density at radius 3 is 2.89 bits per heavy atom. The second-order valence-corrected chi connectivity index (χ2v) is 4.99. The van der Waals surface area contributed by atoms with Gasteiger partial charge in [0.15, 0.2) is 11.6 Å². The van der Waals surface area contributed by atoms with Crippen LogP contribution in [0.15, 0.2) is 24.4 Å². The highest BCUT2D eigenvalue weighted by molar-refractivity contribution is 7.15. The third-order valence-corrected chi connectivity index (χ3v) is 4.01. The van der Waals surface area contributed by atoms with Crippen molar-refractivity contribution in [2.75, 3.05) is 14.2 Å².